The standard InChI is InChI=1S/C14H24N2O2/c1-4-5-6-7-13(16-15)12-9-8-11(17-2)10-14(12)18-3/h8-10,13,16H,4-7,15H2,1-3H3. The van der Waals surface area contributed by atoms with E-state index >= 15 is 0 Å². The van der Waals surface area contributed by atoms with Crippen molar-refractivity contribution < 1.29 is 9.47 Å². The van der Waals surface area contributed by atoms with Crippen molar-refractivity contribution in [3.05, 3.63) is 23.8 Å². The molecule has 1 aromatic carbocycles. The molecule has 0 aliphatic rings. The Hall–Kier alpha value is -1.26. The van der Waals surface area contributed by atoms with E-state index in [-0.39, 0.29) is 6.04 Å². The zero-order valence-corrected chi connectivity index (χ0v) is 11.5. The van der Waals surface area contributed by atoms with Gasteiger partial charge in [0.2, 0.25) is 0 Å². The van der Waals surface area contributed by atoms with Gasteiger partial charge >= 0.3 is 0 Å². The number of hydrogen-bond acceptors (Lipinski definition) is 4. The van der Waals surface area contributed by atoms with Crippen LogP contribution in [0.4, 0.5) is 0 Å². The minimum absolute atomic E-state index is 0.123. The van der Waals surface area contributed by atoms with Crippen LogP contribution in [0.2, 0.25) is 0 Å². The molecule has 0 fully saturated rings. The third-order valence-electron chi connectivity index (χ3n) is 3.11. The molecule has 4 nitrogen and oxygen atoms in total. The summed E-state index contributed by atoms with van der Waals surface area (Å²) >= 11 is 0. The Labute approximate surface area is 109 Å². The highest BCUT2D eigenvalue weighted by Gasteiger charge is 2.15. The van der Waals surface area contributed by atoms with Gasteiger partial charge in [0, 0.05) is 17.7 Å². The van der Waals surface area contributed by atoms with Crippen LogP contribution in [0.5, 0.6) is 11.5 Å². The molecule has 0 saturated heterocycles. The number of nitrogens with one attached hydrogen (secondary N) is 1. The van der Waals surface area contributed by atoms with E-state index in [1.165, 1.54) is 12.8 Å². The Morgan fingerprint density at radius 1 is 1.22 bits per heavy atom. The lowest BCUT2D eigenvalue weighted by Gasteiger charge is -2.19. The second-order valence-corrected chi connectivity index (χ2v) is 4.32. The van der Waals surface area contributed by atoms with Gasteiger partial charge in [-0.1, -0.05) is 32.3 Å². The maximum Gasteiger partial charge on any atom is 0.127 e. The van der Waals surface area contributed by atoms with Crippen LogP contribution >= 0.6 is 0 Å². The van der Waals surface area contributed by atoms with E-state index in [0.717, 1.165) is 29.9 Å². The summed E-state index contributed by atoms with van der Waals surface area (Å²) in [5.74, 6) is 7.25. The van der Waals surface area contributed by atoms with E-state index in [9.17, 15) is 0 Å². The van der Waals surface area contributed by atoms with Crippen molar-refractivity contribution in [1.29, 1.82) is 0 Å². The number of hydrazine groups is 1. The third kappa shape index (κ3) is 3.89. The lowest BCUT2D eigenvalue weighted by molar-refractivity contribution is 0.380. The molecule has 0 amide bonds. The van der Waals surface area contributed by atoms with Crippen molar-refractivity contribution in [1.82, 2.24) is 5.43 Å². The zero-order valence-electron chi connectivity index (χ0n) is 11.5. The second kappa shape index (κ2) is 7.95. The molecule has 0 heterocycles. The minimum Gasteiger partial charge on any atom is -0.497 e. The quantitative estimate of drug-likeness (QED) is 0.424. The molecule has 1 aromatic rings. The Morgan fingerprint density at radius 2 is 2.00 bits per heavy atom. The molecule has 0 spiro atoms. The molecule has 0 aliphatic heterocycles. The topological polar surface area (TPSA) is 56.5 Å². The lowest BCUT2D eigenvalue weighted by Crippen LogP contribution is -2.28. The van der Waals surface area contributed by atoms with Crippen LogP contribution in [0.25, 0.3) is 0 Å². The van der Waals surface area contributed by atoms with E-state index in [1.54, 1.807) is 14.2 Å². The van der Waals surface area contributed by atoms with Crippen LogP contribution in [0, 0.1) is 0 Å². The molecular formula is C14H24N2O2. The summed E-state index contributed by atoms with van der Waals surface area (Å²) < 4.78 is 10.6. The lowest BCUT2D eigenvalue weighted by atomic mass is 10.00. The zero-order chi connectivity index (χ0) is 13.4. The van der Waals surface area contributed by atoms with Crippen LogP contribution in [0.3, 0.4) is 0 Å². The number of unbranched alkanes of at least 4 members (excludes halogenated alkanes) is 2. The summed E-state index contributed by atoms with van der Waals surface area (Å²) in [5.41, 5.74) is 3.95. The highest BCUT2D eigenvalue weighted by Crippen LogP contribution is 2.31. The number of hydrogen-bond donors (Lipinski definition) is 2. The van der Waals surface area contributed by atoms with Crippen LogP contribution in [0.1, 0.15) is 44.2 Å². The van der Waals surface area contributed by atoms with Gasteiger partial charge < -0.3 is 9.47 Å². The normalized spacial score (nSPS) is 12.2. The molecule has 102 valence electrons. The average molecular weight is 252 g/mol. The van der Waals surface area contributed by atoms with Gasteiger partial charge in [-0.15, -0.1) is 0 Å². The number of ether oxygens (including phenoxy) is 2. The first kappa shape index (κ1) is 14.8. The first-order valence-electron chi connectivity index (χ1n) is 6.44. The van der Waals surface area contributed by atoms with Crippen LogP contribution in [-0.2, 0) is 0 Å². The number of benzene rings is 1. The first-order chi connectivity index (χ1) is 8.76. The molecule has 0 aliphatic carbocycles. The average Bonchev–Trinajstić information content (AvgIpc) is 2.43. The van der Waals surface area contributed by atoms with Gasteiger partial charge in [-0.3, -0.25) is 11.3 Å². The predicted molar refractivity (Wildman–Crippen MR) is 73.8 cm³/mol. The molecule has 1 rings (SSSR count). The molecule has 1 unspecified atom stereocenters. The molecule has 4 heteroatoms. The first-order valence-corrected chi connectivity index (χ1v) is 6.44. The minimum atomic E-state index is 0.123. The van der Waals surface area contributed by atoms with Crippen molar-refractivity contribution in [2.24, 2.45) is 5.84 Å². The molecular weight excluding hydrogens is 228 g/mol. The molecule has 0 radical (unpaired) electrons. The Morgan fingerprint density at radius 3 is 2.56 bits per heavy atom. The van der Waals surface area contributed by atoms with E-state index < -0.39 is 0 Å². The predicted octanol–water partition coefficient (Wildman–Crippen LogP) is 2.79. The van der Waals surface area contributed by atoms with Gasteiger partial charge in [-0.2, -0.15) is 0 Å². The highest BCUT2D eigenvalue weighted by molar-refractivity contribution is 5.42. The molecule has 1 atom stereocenters. The molecule has 0 aromatic heterocycles. The Balaban J connectivity index is 2.83. The van der Waals surface area contributed by atoms with Crippen molar-refractivity contribution >= 4 is 0 Å². The summed E-state index contributed by atoms with van der Waals surface area (Å²) in [6, 6.07) is 5.95. The SMILES string of the molecule is CCCCCC(NN)c1ccc(OC)cc1OC. The van der Waals surface area contributed by atoms with E-state index in [4.69, 9.17) is 15.3 Å². The summed E-state index contributed by atoms with van der Waals surface area (Å²) in [4.78, 5) is 0. The Bertz CT molecular complexity index is 356. The molecule has 0 bridgehead atoms. The summed E-state index contributed by atoms with van der Waals surface area (Å²) in [5, 5.41) is 0. The number of nitrogens with two attached hydrogens (primary N) is 1. The fourth-order valence-corrected chi connectivity index (χ4v) is 2.03. The second-order valence-electron chi connectivity index (χ2n) is 4.32. The molecule has 18 heavy (non-hydrogen) atoms. The number of methoxy groups -OCH3 is 2. The van der Waals surface area contributed by atoms with Gasteiger partial charge in [-0.05, 0) is 12.5 Å². The van der Waals surface area contributed by atoms with E-state index in [2.05, 4.69) is 12.3 Å². The third-order valence-corrected chi connectivity index (χ3v) is 3.11. The fourth-order valence-electron chi connectivity index (χ4n) is 2.03. The van der Waals surface area contributed by atoms with Gasteiger partial charge in [-0.25, -0.2) is 0 Å². The van der Waals surface area contributed by atoms with Crippen molar-refractivity contribution in [3.63, 3.8) is 0 Å². The summed E-state index contributed by atoms with van der Waals surface area (Å²) in [7, 11) is 3.31. The smallest absolute Gasteiger partial charge is 0.127 e. The van der Waals surface area contributed by atoms with Gasteiger partial charge in [0.15, 0.2) is 0 Å². The number of rotatable bonds is 8. The van der Waals surface area contributed by atoms with Crippen LogP contribution < -0.4 is 20.7 Å². The highest BCUT2D eigenvalue weighted by atomic mass is 16.5. The fraction of sp³-hybridized carbons (Fsp3) is 0.571. The maximum absolute atomic E-state index is 5.64. The largest absolute Gasteiger partial charge is 0.497 e. The van der Waals surface area contributed by atoms with Crippen molar-refractivity contribution in [3.8, 4) is 11.5 Å². The van der Waals surface area contributed by atoms with Gasteiger partial charge in [0.1, 0.15) is 11.5 Å². The molecule has 0 saturated carbocycles. The van der Waals surface area contributed by atoms with E-state index in [0.29, 0.717) is 0 Å². The maximum atomic E-state index is 5.64. The summed E-state index contributed by atoms with van der Waals surface area (Å²) in [6.45, 7) is 2.19. The van der Waals surface area contributed by atoms with E-state index in [1.807, 2.05) is 18.2 Å². The van der Waals surface area contributed by atoms with Gasteiger partial charge in [0.25, 0.3) is 0 Å². The molecule has 3 N–H and O–H groups in total. The Kier molecular flexibility index (Phi) is 6.54. The van der Waals surface area contributed by atoms with Crippen molar-refractivity contribution in [2.75, 3.05) is 14.2 Å². The van der Waals surface area contributed by atoms with Crippen molar-refractivity contribution in [2.45, 2.75) is 38.6 Å². The monoisotopic (exact) mass is 252 g/mol. The summed E-state index contributed by atoms with van der Waals surface area (Å²) in [6.07, 6.45) is 4.58. The van der Waals surface area contributed by atoms with Crippen LogP contribution in [0.15, 0.2) is 18.2 Å². The van der Waals surface area contributed by atoms with Crippen LogP contribution in [-0.4, -0.2) is 14.2 Å². The van der Waals surface area contributed by atoms with Gasteiger partial charge in [0.05, 0.1) is 14.2 Å².